The molecule has 0 atom stereocenters. The van der Waals surface area contributed by atoms with E-state index in [0.717, 1.165) is 5.56 Å². The minimum Gasteiger partial charge on any atom is -0.459 e. The molecule has 0 unspecified atom stereocenters. The molecular weight excluding hydrogens is 374 g/mol. The highest BCUT2D eigenvalue weighted by Gasteiger charge is 2.22. The van der Waals surface area contributed by atoms with Crippen LogP contribution in [0.1, 0.15) is 42.5 Å². The molecule has 0 saturated carbocycles. The lowest BCUT2D eigenvalue weighted by atomic mass is 9.87. The second-order valence-corrected chi connectivity index (χ2v) is 9.62. The summed E-state index contributed by atoms with van der Waals surface area (Å²) in [6.07, 6.45) is 1.33. The third kappa shape index (κ3) is 4.51. The molecule has 1 amide bonds. The van der Waals surface area contributed by atoms with Crippen molar-refractivity contribution in [3.8, 4) is 0 Å². The number of anilines is 1. The van der Waals surface area contributed by atoms with E-state index < -0.39 is 15.7 Å². The van der Waals surface area contributed by atoms with Gasteiger partial charge in [-0.3, -0.25) is 4.79 Å². The number of amides is 1. The molecule has 0 fully saturated rings. The van der Waals surface area contributed by atoms with Crippen LogP contribution in [0.4, 0.5) is 5.69 Å². The molecule has 1 heterocycles. The fourth-order valence-corrected chi connectivity index (χ4v) is 4.18. The normalized spacial score (nSPS) is 12.0. The van der Waals surface area contributed by atoms with Gasteiger partial charge in [-0.15, -0.1) is 0 Å². The number of benzene rings is 2. The maximum atomic E-state index is 12.6. The maximum Gasteiger partial charge on any atom is 0.291 e. The van der Waals surface area contributed by atoms with Gasteiger partial charge in [0.1, 0.15) is 0 Å². The van der Waals surface area contributed by atoms with Crippen LogP contribution in [-0.4, -0.2) is 14.3 Å². The average Bonchev–Trinajstić information content (AvgIpc) is 3.10. The van der Waals surface area contributed by atoms with Crippen LogP contribution in [0.15, 0.2) is 76.2 Å². The van der Waals surface area contributed by atoms with Crippen molar-refractivity contribution < 1.29 is 17.6 Å². The van der Waals surface area contributed by atoms with Crippen LogP contribution in [0.25, 0.3) is 0 Å². The molecule has 1 aromatic heterocycles. The molecule has 0 spiro atoms. The summed E-state index contributed by atoms with van der Waals surface area (Å²) in [6.45, 7) is 6.34. The van der Waals surface area contributed by atoms with E-state index in [1.54, 1.807) is 18.2 Å². The van der Waals surface area contributed by atoms with Crippen molar-refractivity contribution in [3.05, 3.63) is 83.8 Å². The third-order valence-corrected chi connectivity index (χ3v) is 6.09. The lowest BCUT2D eigenvalue weighted by Crippen LogP contribution is -2.15. The Balaban J connectivity index is 1.77. The second kappa shape index (κ2) is 7.64. The minimum absolute atomic E-state index is 0.000552. The van der Waals surface area contributed by atoms with Gasteiger partial charge in [-0.2, -0.15) is 0 Å². The molecule has 1 N–H and O–H groups in total. The molecule has 0 radical (unpaired) electrons. The van der Waals surface area contributed by atoms with Gasteiger partial charge in [0.2, 0.25) is 0 Å². The Morgan fingerprint density at radius 1 is 0.964 bits per heavy atom. The molecule has 5 nitrogen and oxygen atoms in total. The smallest absolute Gasteiger partial charge is 0.291 e. The average molecular weight is 397 g/mol. The first-order valence-electron chi connectivity index (χ1n) is 8.93. The Morgan fingerprint density at radius 3 is 2.21 bits per heavy atom. The van der Waals surface area contributed by atoms with Crippen LogP contribution in [0, 0.1) is 0 Å². The number of sulfone groups is 1. The summed E-state index contributed by atoms with van der Waals surface area (Å²) in [6, 6.07) is 17.2. The SMILES string of the molecule is CC(C)(C)c1ccc(NC(=O)c2occc2CS(=O)(=O)c2ccccc2)cc1. The van der Waals surface area contributed by atoms with E-state index in [0.29, 0.717) is 11.3 Å². The monoisotopic (exact) mass is 397 g/mol. The minimum atomic E-state index is -3.57. The topological polar surface area (TPSA) is 76.4 Å². The number of hydrogen-bond acceptors (Lipinski definition) is 4. The van der Waals surface area contributed by atoms with Crippen molar-refractivity contribution >= 4 is 21.4 Å². The molecule has 3 aromatic rings. The molecule has 0 aliphatic rings. The van der Waals surface area contributed by atoms with Crippen LogP contribution >= 0.6 is 0 Å². The largest absolute Gasteiger partial charge is 0.459 e. The van der Waals surface area contributed by atoms with Gasteiger partial charge in [-0.1, -0.05) is 51.1 Å². The highest BCUT2D eigenvalue weighted by molar-refractivity contribution is 7.90. The van der Waals surface area contributed by atoms with Gasteiger partial charge in [0, 0.05) is 11.3 Å². The van der Waals surface area contributed by atoms with E-state index in [2.05, 4.69) is 26.1 Å². The zero-order valence-corrected chi connectivity index (χ0v) is 16.9. The highest BCUT2D eigenvalue weighted by Crippen LogP contribution is 2.24. The predicted octanol–water partition coefficient (Wildman–Crippen LogP) is 4.80. The first-order chi connectivity index (χ1) is 13.2. The van der Waals surface area contributed by atoms with E-state index in [4.69, 9.17) is 4.42 Å². The van der Waals surface area contributed by atoms with Gasteiger partial charge in [0.05, 0.1) is 16.9 Å². The fraction of sp³-hybridized carbons (Fsp3) is 0.227. The third-order valence-electron chi connectivity index (χ3n) is 4.41. The Kier molecular flexibility index (Phi) is 5.42. The Labute approximate surface area is 165 Å². The molecule has 0 saturated heterocycles. The molecule has 28 heavy (non-hydrogen) atoms. The zero-order chi connectivity index (χ0) is 20.4. The first kappa shape index (κ1) is 19.9. The van der Waals surface area contributed by atoms with Crippen molar-refractivity contribution in [2.75, 3.05) is 5.32 Å². The molecule has 6 heteroatoms. The lowest BCUT2D eigenvalue weighted by Gasteiger charge is -2.19. The summed E-state index contributed by atoms with van der Waals surface area (Å²) >= 11 is 0. The van der Waals surface area contributed by atoms with Crippen molar-refractivity contribution in [2.45, 2.75) is 36.8 Å². The molecule has 0 bridgehead atoms. The Morgan fingerprint density at radius 2 is 1.61 bits per heavy atom. The van der Waals surface area contributed by atoms with Crippen molar-refractivity contribution in [3.63, 3.8) is 0 Å². The van der Waals surface area contributed by atoms with E-state index in [-0.39, 0.29) is 21.8 Å². The van der Waals surface area contributed by atoms with Crippen LogP contribution in [0.5, 0.6) is 0 Å². The fourth-order valence-electron chi connectivity index (χ4n) is 2.81. The molecular formula is C22H23NO4S. The van der Waals surface area contributed by atoms with E-state index in [1.165, 1.54) is 24.5 Å². The Hall–Kier alpha value is -2.86. The quantitative estimate of drug-likeness (QED) is 0.671. The van der Waals surface area contributed by atoms with Crippen LogP contribution in [0.3, 0.4) is 0 Å². The van der Waals surface area contributed by atoms with E-state index in [1.807, 2.05) is 24.3 Å². The maximum absolute atomic E-state index is 12.6. The summed E-state index contributed by atoms with van der Waals surface area (Å²) < 4.78 is 30.5. The summed E-state index contributed by atoms with van der Waals surface area (Å²) in [7, 11) is -3.57. The summed E-state index contributed by atoms with van der Waals surface area (Å²) in [5.74, 6) is -0.787. The molecule has 0 aliphatic carbocycles. The van der Waals surface area contributed by atoms with Crippen LogP contribution < -0.4 is 5.32 Å². The van der Waals surface area contributed by atoms with E-state index in [9.17, 15) is 13.2 Å². The number of carbonyl (C=O) groups excluding carboxylic acids is 1. The van der Waals surface area contributed by atoms with Gasteiger partial charge in [-0.25, -0.2) is 8.42 Å². The van der Waals surface area contributed by atoms with Crippen molar-refractivity contribution in [1.82, 2.24) is 0 Å². The molecule has 0 aliphatic heterocycles. The Bertz CT molecular complexity index is 1060. The number of rotatable bonds is 5. The summed E-state index contributed by atoms with van der Waals surface area (Å²) in [4.78, 5) is 12.8. The van der Waals surface area contributed by atoms with Crippen molar-refractivity contribution in [2.24, 2.45) is 0 Å². The van der Waals surface area contributed by atoms with Gasteiger partial charge in [-0.05, 0) is 41.3 Å². The van der Waals surface area contributed by atoms with E-state index >= 15 is 0 Å². The highest BCUT2D eigenvalue weighted by atomic mass is 32.2. The first-order valence-corrected chi connectivity index (χ1v) is 10.6. The zero-order valence-electron chi connectivity index (χ0n) is 16.1. The number of nitrogens with one attached hydrogen (secondary N) is 1. The standard InChI is InChI=1S/C22H23NO4S/c1-22(2,3)17-9-11-18(12-10-17)23-21(24)20-16(13-14-27-20)15-28(25,26)19-7-5-4-6-8-19/h4-14H,15H2,1-3H3,(H,23,24). The number of furan rings is 1. The summed E-state index contributed by atoms with van der Waals surface area (Å²) in [5.41, 5.74) is 2.11. The van der Waals surface area contributed by atoms with Gasteiger partial charge >= 0.3 is 0 Å². The second-order valence-electron chi connectivity index (χ2n) is 7.63. The van der Waals surface area contributed by atoms with Gasteiger partial charge in [0.15, 0.2) is 15.6 Å². The summed E-state index contributed by atoms with van der Waals surface area (Å²) in [5, 5.41) is 2.76. The lowest BCUT2D eigenvalue weighted by molar-refractivity contribution is 0.0996. The molecule has 2 aromatic carbocycles. The van der Waals surface area contributed by atoms with Crippen LogP contribution in [-0.2, 0) is 21.0 Å². The molecule has 146 valence electrons. The predicted molar refractivity (Wildman–Crippen MR) is 109 cm³/mol. The van der Waals surface area contributed by atoms with Crippen molar-refractivity contribution in [1.29, 1.82) is 0 Å². The number of carbonyl (C=O) groups is 1. The number of hydrogen-bond donors (Lipinski definition) is 1. The van der Waals surface area contributed by atoms with Gasteiger partial charge in [0.25, 0.3) is 5.91 Å². The molecule has 3 rings (SSSR count). The van der Waals surface area contributed by atoms with Crippen LogP contribution in [0.2, 0.25) is 0 Å². The van der Waals surface area contributed by atoms with Gasteiger partial charge < -0.3 is 9.73 Å².